The average Bonchev–Trinajstić information content (AvgIpc) is 2.55. The quantitative estimate of drug-likeness (QED) is 0.661. The zero-order valence-electron chi connectivity index (χ0n) is 8.71. The third-order valence-corrected chi connectivity index (χ3v) is 2.35. The molecular formula is C11H10N2O3. The minimum atomic E-state index is -0.580. The number of urea groups is 1. The predicted molar refractivity (Wildman–Crippen MR) is 56.7 cm³/mol. The summed E-state index contributed by atoms with van der Waals surface area (Å²) in [6.07, 6.45) is 0. The van der Waals surface area contributed by atoms with Gasteiger partial charge in [-0.15, -0.1) is 0 Å². The number of amides is 4. The number of hydrogen-bond acceptors (Lipinski definition) is 3. The van der Waals surface area contributed by atoms with Crippen molar-refractivity contribution in [1.29, 1.82) is 0 Å². The van der Waals surface area contributed by atoms with E-state index in [1.54, 1.807) is 24.3 Å². The molecule has 1 aromatic rings. The van der Waals surface area contributed by atoms with Gasteiger partial charge < -0.3 is 0 Å². The number of nitrogens with zero attached hydrogens (tertiary/aromatic N) is 2. The van der Waals surface area contributed by atoms with Crippen LogP contribution in [0.25, 0.3) is 0 Å². The van der Waals surface area contributed by atoms with Crippen molar-refractivity contribution in [3.8, 4) is 0 Å². The Balaban J connectivity index is 2.31. The molecule has 16 heavy (non-hydrogen) atoms. The highest BCUT2D eigenvalue weighted by molar-refractivity contribution is 6.21. The average molecular weight is 218 g/mol. The molecular weight excluding hydrogens is 208 g/mol. The molecule has 5 heteroatoms. The van der Waals surface area contributed by atoms with Crippen LogP contribution >= 0.6 is 0 Å². The second kappa shape index (κ2) is 3.77. The normalized spacial score (nSPS) is 15.8. The first kappa shape index (κ1) is 10.4. The topological polar surface area (TPSA) is 57.7 Å². The van der Waals surface area contributed by atoms with Crippen LogP contribution < -0.4 is 4.90 Å². The molecule has 1 heterocycles. The van der Waals surface area contributed by atoms with Gasteiger partial charge in [0.2, 0.25) is 5.91 Å². The Kier molecular flexibility index (Phi) is 2.44. The fourth-order valence-corrected chi connectivity index (χ4v) is 1.62. The zero-order chi connectivity index (χ0) is 11.7. The molecule has 0 radical (unpaired) electrons. The highest BCUT2D eigenvalue weighted by Gasteiger charge is 2.39. The number of anilines is 1. The van der Waals surface area contributed by atoms with Crippen LogP contribution in [-0.4, -0.2) is 29.3 Å². The van der Waals surface area contributed by atoms with Gasteiger partial charge in [0.15, 0.2) is 0 Å². The largest absolute Gasteiger partial charge is 0.338 e. The van der Waals surface area contributed by atoms with Gasteiger partial charge in [0.25, 0.3) is 5.91 Å². The summed E-state index contributed by atoms with van der Waals surface area (Å²) in [5.41, 5.74) is 0.615. The summed E-state index contributed by atoms with van der Waals surface area (Å²) < 4.78 is 0. The molecule has 1 aromatic carbocycles. The lowest BCUT2D eigenvalue weighted by Gasteiger charge is -2.14. The highest BCUT2D eigenvalue weighted by Crippen LogP contribution is 2.20. The van der Waals surface area contributed by atoms with Crippen molar-refractivity contribution < 1.29 is 14.4 Å². The van der Waals surface area contributed by atoms with E-state index < -0.39 is 17.8 Å². The van der Waals surface area contributed by atoms with E-state index in [0.717, 1.165) is 0 Å². The number of para-hydroxylation sites is 1. The van der Waals surface area contributed by atoms with Crippen LogP contribution in [0.1, 0.15) is 6.92 Å². The maximum Gasteiger partial charge on any atom is 0.338 e. The van der Waals surface area contributed by atoms with Crippen molar-refractivity contribution in [2.24, 2.45) is 0 Å². The molecule has 1 aliphatic rings. The van der Waals surface area contributed by atoms with E-state index in [0.29, 0.717) is 10.6 Å². The van der Waals surface area contributed by atoms with Gasteiger partial charge in [0, 0.05) is 12.6 Å². The molecule has 0 bridgehead atoms. The molecule has 1 saturated heterocycles. The highest BCUT2D eigenvalue weighted by atomic mass is 16.2. The minimum Gasteiger partial charge on any atom is -0.284 e. The summed E-state index contributed by atoms with van der Waals surface area (Å²) in [4.78, 5) is 36.3. The van der Waals surface area contributed by atoms with Crippen LogP contribution in [0.3, 0.4) is 0 Å². The van der Waals surface area contributed by atoms with Gasteiger partial charge in [-0.3, -0.25) is 14.5 Å². The number of imide groups is 3. The maximum absolute atomic E-state index is 11.8. The van der Waals surface area contributed by atoms with Crippen LogP contribution in [0.15, 0.2) is 30.3 Å². The van der Waals surface area contributed by atoms with Gasteiger partial charge in [-0.25, -0.2) is 4.79 Å². The van der Waals surface area contributed by atoms with Gasteiger partial charge in [0.05, 0.1) is 0 Å². The van der Waals surface area contributed by atoms with Gasteiger partial charge in [-0.1, -0.05) is 18.2 Å². The van der Waals surface area contributed by atoms with Crippen LogP contribution in [0.5, 0.6) is 0 Å². The Bertz CT molecular complexity index is 456. The first-order valence-electron chi connectivity index (χ1n) is 4.81. The molecule has 2 rings (SSSR count). The number of rotatable bonds is 1. The van der Waals surface area contributed by atoms with Crippen molar-refractivity contribution in [1.82, 2.24) is 4.90 Å². The summed E-state index contributed by atoms with van der Waals surface area (Å²) >= 11 is 0. The van der Waals surface area contributed by atoms with Crippen LogP contribution in [-0.2, 0) is 9.59 Å². The third kappa shape index (κ3) is 1.56. The zero-order valence-corrected chi connectivity index (χ0v) is 8.71. The fraction of sp³-hybridized carbons (Fsp3) is 0.182. The van der Waals surface area contributed by atoms with E-state index in [4.69, 9.17) is 0 Å². The molecule has 0 unspecified atom stereocenters. The first-order valence-corrected chi connectivity index (χ1v) is 4.81. The van der Waals surface area contributed by atoms with Crippen molar-refractivity contribution in [2.75, 3.05) is 11.4 Å². The Labute approximate surface area is 92.3 Å². The van der Waals surface area contributed by atoms with Crippen molar-refractivity contribution in [3.63, 3.8) is 0 Å². The van der Waals surface area contributed by atoms with Crippen molar-refractivity contribution >= 4 is 23.5 Å². The molecule has 0 aliphatic carbocycles. The molecule has 1 fully saturated rings. The summed E-state index contributed by atoms with van der Waals surface area (Å²) in [5, 5.41) is 0. The van der Waals surface area contributed by atoms with E-state index in [9.17, 15) is 14.4 Å². The molecule has 0 spiro atoms. The second-order valence-electron chi connectivity index (χ2n) is 3.45. The third-order valence-electron chi connectivity index (χ3n) is 2.35. The Hall–Kier alpha value is -2.17. The fourth-order valence-electron chi connectivity index (χ4n) is 1.62. The lowest BCUT2D eigenvalue weighted by Crippen LogP contribution is -2.36. The van der Waals surface area contributed by atoms with Crippen molar-refractivity contribution in [3.05, 3.63) is 30.3 Å². The second-order valence-corrected chi connectivity index (χ2v) is 3.45. The summed E-state index contributed by atoms with van der Waals surface area (Å²) in [5.74, 6) is -1.03. The van der Waals surface area contributed by atoms with E-state index in [2.05, 4.69) is 0 Å². The van der Waals surface area contributed by atoms with Crippen LogP contribution in [0.4, 0.5) is 10.5 Å². The summed E-state index contributed by atoms with van der Waals surface area (Å²) in [6.45, 7) is 1.12. The van der Waals surface area contributed by atoms with E-state index in [-0.39, 0.29) is 6.54 Å². The number of benzene rings is 1. The molecule has 0 N–H and O–H groups in total. The smallest absolute Gasteiger partial charge is 0.284 e. The van der Waals surface area contributed by atoms with Gasteiger partial charge in [-0.05, 0) is 12.1 Å². The number of hydrogen-bond donors (Lipinski definition) is 0. The number of carbonyl (C=O) groups is 3. The molecule has 0 atom stereocenters. The predicted octanol–water partition coefficient (Wildman–Crippen LogP) is 1.00. The molecule has 82 valence electrons. The lowest BCUT2D eigenvalue weighted by atomic mass is 10.3. The summed E-state index contributed by atoms with van der Waals surface area (Å²) in [6, 6.07) is 8.20. The summed E-state index contributed by atoms with van der Waals surface area (Å²) in [7, 11) is 0. The first-order chi connectivity index (χ1) is 7.61. The minimum absolute atomic E-state index is 0.0809. The molecule has 4 amide bonds. The molecule has 0 saturated carbocycles. The standard InChI is InChI=1S/C11H10N2O3/c1-8(14)13-10(15)7-12(11(13)16)9-5-3-2-4-6-9/h2-6H,7H2,1H3. The molecule has 5 nitrogen and oxygen atoms in total. The van der Waals surface area contributed by atoms with Gasteiger partial charge >= 0.3 is 6.03 Å². The molecule has 1 aliphatic heterocycles. The number of carbonyl (C=O) groups excluding carboxylic acids is 3. The van der Waals surface area contributed by atoms with E-state index in [1.165, 1.54) is 11.8 Å². The van der Waals surface area contributed by atoms with Crippen LogP contribution in [0.2, 0.25) is 0 Å². The monoisotopic (exact) mass is 218 g/mol. The lowest BCUT2D eigenvalue weighted by molar-refractivity contribution is -0.136. The Morgan fingerprint density at radius 3 is 2.31 bits per heavy atom. The Morgan fingerprint density at radius 1 is 1.19 bits per heavy atom. The Morgan fingerprint density at radius 2 is 1.81 bits per heavy atom. The van der Waals surface area contributed by atoms with Gasteiger partial charge in [0.1, 0.15) is 6.54 Å². The van der Waals surface area contributed by atoms with Gasteiger partial charge in [-0.2, -0.15) is 4.90 Å². The van der Waals surface area contributed by atoms with E-state index in [1.807, 2.05) is 6.07 Å². The van der Waals surface area contributed by atoms with Crippen molar-refractivity contribution in [2.45, 2.75) is 6.92 Å². The SMILES string of the molecule is CC(=O)N1C(=O)CN(c2ccccc2)C1=O. The maximum atomic E-state index is 11.8. The molecule has 0 aromatic heterocycles. The van der Waals surface area contributed by atoms with Crippen LogP contribution in [0, 0.1) is 0 Å². The van der Waals surface area contributed by atoms with E-state index >= 15 is 0 Å².